The van der Waals surface area contributed by atoms with Crippen LogP contribution in [0.4, 0.5) is 5.69 Å². The first kappa shape index (κ1) is 19.7. The lowest BCUT2D eigenvalue weighted by Crippen LogP contribution is -2.25. The molecular formula is C23H20ClN5O. The van der Waals surface area contributed by atoms with Crippen molar-refractivity contribution in [3.8, 4) is 5.69 Å². The van der Waals surface area contributed by atoms with Crippen molar-refractivity contribution < 1.29 is 4.79 Å². The quantitative estimate of drug-likeness (QED) is 0.357. The molecule has 0 fully saturated rings. The number of para-hydroxylation sites is 1. The summed E-state index contributed by atoms with van der Waals surface area (Å²) in [5.74, 6) is -0.261. The maximum Gasteiger partial charge on any atom is 0.259 e. The molecule has 4 aromatic rings. The zero-order valence-corrected chi connectivity index (χ0v) is 17.1. The average Bonchev–Trinajstić information content (AvgIpc) is 3.06. The molecule has 0 atom stereocenters. The second kappa shape index (κ2) is 8.80. The van der Waals surface area contributed by atoms with Crippen LogP contribution in [0.15, 0.2) is 77.9 Å². The average molecular weight is 418 g/mol. The molecule has 150 valence electrons. The second-order valence-corrected chi connectivity index (χ2v) is 7.10. The van der Waals surface area contributed by atoms with E-state index in [4.69, 9.17) is 11.6 Å². The fourth-order valence-corrected chi connectivity index (χ4v) is 3.41. The predicted molar refractivity (Wildman–Crippen MR) is 121 cm³/mol. The topological polar surface area (TPSA) is 71.3 Å². The molecule has 2 N–H and O–H groups in total. The monoisotopic (exact) mass is 417 g/mol. The van der Waals surface area contributed by atoms with Gasteiger partial charge in [0.05, 0.1) is 29.7 Å². The van der Waals surface area contributed by atoms with Crippen molar-refractivity contribution in [1.82, 2.24) is 15.2 Å². The summed E-state index contributed by atoms with van der Waals surface area (Å²) in [4.78, 5) is 12.1. The van der Waals surface area contributed by atoms with E-state index in [1.165, 1.54) is 6.21 Å². The third-order valence-corrected chi connectivity index (χ3v) is 5.00. The van der Waals surface area contributed by atoms with Crippen molar-refractivity contribution in [2.24, 2.45) is 5.10 Å². The number of amides is 1. The highest BCUT2D eigenvalue weighted by atomic mass is 35.5. The number of carbonyl (C=O) groups is 1. The molecule has 0 aliphatic rings. The van der Waals surface area contributed by atoms with Crippen molar-refractivity contribution in [2.45, 2.75) is 6.92 Å². The van der Waals surface area contributed by atoms with Crippen molar-refractivity contribution in [3.63, 3.8) is 0 Å². The van der Waals surface area contributed by atoms with E-state index in [1.54, 1.807) is 4.68 Å². The normalized spacial score (nSPS) is 11.1. The number of anilines is 1. The first-order chi connectivity index (χ1) is 14.6. The summed E-state index contributed by atoms with van der Waals surface area (Å²) in [6.07, 6.45) is 1.51. The largest absolute Gasteiger partial charge is 0.376 e. The van der Waals surface area contributed by atoms with Gasteiger partial charge in [0.15, 0.2) is 0 Å². The summed E-state index contributed by atoms with van der Waals surface area (Å²) in [5, 5.41) is 14.3. The van der Waals surface area contributed by atoms with Crippen LogP contribution in [-0.4, -0.2) is 28.4 Å². The number of carbonyl (C=O) groups excluding carboxylic acids is 1. The van der Waals surface area contributed by atoms with Gasteiger partial charge in [-0.2, -0.15) is 10.2 Å². The first-order valence-corrected chi connectivity index (χ1v) is 9.85. The minimum absolute atomic E-state index is 0.103. The number of nitrogens with one attached hydrogen (secondary N) is 2. The number of fused-ring (bicyclic) bond motifs is 1. The molecule has 1 aromatic heterocycles. The van der Waals surface area contributed by atoms with Crippen LogP contribution in [0.5, 0.6) is 0 Å². The number of hydrazone groups is 1. The number of nitrogens with zero attached hydrogens (tertiary/aromatic N) is 3. The third-order valence-electron chi connectivity index (χ3n) is 4.63. The summed E-state index contributed by atoms with van der Waals surface area (Å²) in [6, 6.07) is 23.6. The lowest BCUT2D eigenvalue weighted by Gasteiger charge is -2.06. The molecule has 6 nitrogen and oxygen atoms in total. The van der Waals surface area contributed by atoms with E-state index in [0.29, 0.717) is 10.7 Å². The Morgan fingerprint density at radius 1 is 1.07 bits per heavy atom. The van der Waals surface area contributed by atoms with Crippen LogP contribution in [0.25, 0.3) is 16.5 Å². The number of halogens is 1. The molecule has 1 amide bonds. The van der Waals surface area contributed by atoms with E-state index in [9.17, 15) is 4.79 Å². The van der Waals surface area contributed by atoms with Crippen LogP contribution >= 0.6 is 11.6 Å². The smallest absolute Gasteiger partial charge is 0.259 e. The summed E-state index contributed by atoms with van der Waals surface area (Å²) in [6.45, 7) is 1.95. The predicted octanol–water partition coefficient (Wildman–Crippen LogP) is 4.55. The number of hydrogen-bond donors (Lipinski definition) is 2. The molecule has 3 aromatic carbocycles. The molecule has 0 radical (unpaired) electrons. The minimum Gasteiger partial charge on any atom is -0.376 e. The zero-order chi connectivity index (χ0) is 20.9. The van der Waals surface area contributed by atoms with Gasteiger partial charge in [-0.05, 0) is 42.0 Å². The Bertz CT molecular complexity index is 1220. The van der Waals surface area contributed by atoms with Gasteiger partial charge in [-0.3, -0.25) is 4.79 Å². The van der Waals surface area contributed by atoms with Crippen LogP contribution in [0.2, 0.25) is 5.15 Å². The highest BCUT2D eigenvalue weighted by Crippen LogP contribution is 2.22. The third kappa shape index (κ3) is 4.34. The number of aryl methyl sites for hydroxylation is 1. The van der Waals surface area contributed by atoms with Crippen LogP contribution < -0.4 is 10.7 Å². The Hall–Kier alpha value is -3.64. The summed E-state index contributed by atoms with van der Waals surface area (Å²) >= 11 is 6.45. The lowest BCUT2D eigenvalue weighted by molar-refractivity contribution is -0.119. The van der Waals surface area contributed by atoms with Crippen molar-refractivity contribution in [2.75, 3.05) is 11.9 Å². The van der Waals surface area contributed by atoms with E-state index in [1.807, 2.05) is 79.7 Å². The minimum atomic E-state index is -0.261. The van der Waals surface area contributed by atoms with Crippen LogP contribution in [0.3, 0.4) is 0 Å². The van der Waals surface area contributed by atoms with E-state index >= 15 is 0 Å². The molecular weight excluding hydrogens is 398 g/mol. The Morgan fingerprint density at radius 3 is 2.60 bits per heavy atom. The highest BCUT2D eigenvalue weighted by Gasteiger charge is 2.13. The molecule has 0 unspecified atom stereocenters. The van der Waals surface area contributed by atoms with Crippen LogP contribution in [0.1, 0.15) is 11.3 Å². The zero-order valence-electron chi connectivity index (χ0n) is 16.3. The molecule has 7 heteroatoms. The van der Waals surface area contributed by atoms with Gasteiger partial charge >= 0.3 is 0 Å². The Morgan fingerprint density at radius 2 is 1.80 bits per heavy atom. The first-order valence-electron chi connectivity index (χ1n) is 9.47. The Kier molecular flexibility index (Phi) is 5.77. The maximum absolute atomic E-state index is 12.1. The fourth-order valence-electron chi connectivity index (χ4n) is 3.09. The molecule has 30 heavy (non-hydrogen) atoms. The van der Waals surface area contributed by atoms with Gasteiger partial charge in [-0.25, -0.2) is 10.1 Å². The molecule has 0 spiro atoms. The SMILES string of the molecule is Cc1nn(-c2ccccc2)c(Cl)c1C=NNC(=O)CNc1ccc2ccccc2c1. The maximum atomic E-state index is 12.1. The summed E-state index contributed by atoms with van der Waals surface area (Å²) in [5.41, 5.74) is 5.62. The van der Waals surface area contributed by atoms with E-state index in [0.717, 1.165) is 27.8 Å². The lowest BCUT2D eigenvalue weighted by atomic mass is 10.1. The molecule has 0 aliphatic heterocycles. The van der Waals surface area contributed by atoms with Gasteiger partial charge < -0.3 is 5.32 Å². The summed E-state index contributed by atoms with van der Waals surface area (Å²) < 4.78 is 1.64. The van der Waals surface area contributed by atoms with Gasteiger partial charge in [0.1, 0.15) is 5.15 Å². The Labute approximate surface area is 179 Å². The number of rotatable bonds is 6. The number of hydrogen-bond acceptors (Lipinski definition) is 4. The number of benzene rings is 3. The van der Waals surface area contributed by atoms with Gasteiger partial charge in [0, 0.05) is 5.69 Å². The van der Waals surface area contributed by atoms with Crippen LogP contribution in [0, 0.1) is 6.92 Å². The van der Waals surface area contributed by atoms with Gasteiger partial charge in [-0.15, -0.1) is 0 Å². The second-order valence-electron chi connectivity index (χ2n) is 6.75. The van der Waals surface area contributed by atoms with Crippen LogP contribution in [-0.2, 0) is 4.79 Å². The molecule has 4 rings (SSSR count). The van der Waals surface area contributed by atoms with E-state index in [2.05, 4.69) is 20.9 Å². The molecule has 1 heterocycles. The highest BCUT2D eigenvalue weighted by molar-refractivity contribution is 6.32. The molecule has 0 aliphatic carbocycles. The molecule has 0 bridgehead atoms. The standard InChI is InChI=1S/C23H20ClN5O/c1-16-21(23(24)29(28-16)20-9-3-2-4-10-20)14-26-27-22(30)15-25-19-12-11-17-7-5-6-8-18(17)13-19/h2-14,25H,15H2,1H3,(H,27,30). The fraction of sp³-hybridized carbons (Fsp3) is 0.0870. The summed E-state index contributed by atoms with van der Waals surface area (Å²) in [7, 11) is 0. The van der Waals surface area contributed by atoms with Gasteiger partial charge in [0.25, 0.3) is 5.91 Å². The molecule has 0 saturated carbocycles. The molecule has 0 saturated heterocycles. The van der Waals surface area contributed by atoms with Gasteiger partial charge in [-0.1, -0.05) is 60.1 Å². The van der Waals surface area contributed by atoms with Crippen molar-refractivity contribution in [1.29, 1.82) is 0 Å². The van der Waals surface area contributed by atoms with Gasteiger partial charge in [0.2, 0.25) is 0 Å². The van der Waals surface area contributed by atoms with Crippen molar-refractivity contribution >= 4 is 40.2 Å². The van der Waals surface area contributed by atoms with E-state index < -0.39 is 0 Å². The number of aromatic nitrogens is 2. The van der Waals surface area contributed by atoms with E-state index in [-0.39, 0.29) is 12.5 Å². The Balaban J connectivity index is 1.37. The van der Waals surface area contributed by atoms with Crippen molar-refractivity contribution in [3.05, 3.63) is 89.2 Å².